The van der Waals surface area contributed by atoms with E-state index in [0.29, 0.717) is 9.23 Å². The van der Waals surface area contributed by atoms with Crippen LogP contribution in [-0.4, -0.2) is 15.3 Å². The number of rotatable bonds is 2. The van der Waals surface area contributed by atoms with E-state index in [2.05, 4.69) is 0 Å². The lowest BCUT2D eigenvalue weighted by Crippen LogP contribution is -2.27. The van der Waals surface area contributed by atoms with Crippen LogP contribution in [0.2, 0.25) is 0 Å². The van der Waals surface area contributed by atoms with Gasteiger partial charge in [0.15, 0.2) is 4.32 Å². The molecule has 1 amide bonds. The van der Waals surface area contributed by atoms with Crippen molar-refractivity contribution >= 4 is 46.0 Å². The smallest absolute Gasteiger partial charge is 0.270 e. The highest BCUT2D eigenvalue weighted by atomic mass is 32.2. The summed E-state index contributed by atoms with van der Waals surface area (Å²) in [6.07, 6.45) is 1.75. The number of phenolic OH excluding ortho intramolecular Hbond substituents is 1. The first-order valence-corrected chi connectivity index (χ1v) is 8.32. The summed E-state index contributed by atoms with van der Waals surface area (Å²) in [5.41, 5.74) is 3.85. The van der Waals surface area contributed by atoms with Gasteiger partial charge in [-0.15, -0.1) is 0 Å². The molecular weight excluding hydrogens is 326 g/mol. The number of carbonyl (C=O) groups excluding carboxylic acids is 1. The fraction of sp³-hybridized carbons (Fsp3) is 0.111. The third-order valence-corrected chi connectivity index (χ3v) is 5.01. The number of thiocarbonyl (C=S) groups is 1. The molecule has 1 aliphatic heterocycles. The minimum absolute atomic E-state index is 0.133. The Balaban J connectivity index is 1.95. The van der Waals surface area contributed by atoms with Crippen molar-refractivity contribution in [2.75, 3.05) is 4.90 Å². The summed E-state index contributed by atoms with van der Waals surface area (Å²) < 4.78 is 0.518. The second kappa shape index (κ2) is 6.18. The van der Waals surface area contributed by atoms with E-state index in [1.165, 1.54) is 17.3 Å². The maximum absolute atomic E-state index is 12.7. The number of thioether (sulfide) groups is 1. The molecule has 0 radical (unpaired) electrons. The highest BCUT2D eigenvalue weighted by Crippen LogP contribution is 2.36. The van der Waals surface area contributed by atoms with Crippen molar-refractivity contribution in [3.8, 4) is 5.75 Å². The number of hydrogen-bond acceptors (Lipinski definition) is 4. The molecule has 0 unspecified atom stereocenters. The lowest BCUT2D eigenvalue weighted by molar-refractivity contribution is -0.113. The highest BCUT2D eigenvalue weighted by molar-refractivity contribution is 8.27. The van der Waals surface area contributed by atoms with Crippen LogP contribution in [0.3, 0.4) is 0 Å². The minimum atomic E-state index is -0.133. The van der Waals surface area contributed by atoms with Crippen LogP contribution in [0.15, 0.2) is 47.4 Å². The van der Waals surface area contributed by atoms with Crippen molar-refractivity contribution in [1.29, 1.82) is 0 Å². The second-order valence-electron chi connectivity index (χ2n) is 5.38. The van der Waals surface area contributed by atoms with Gasteiger partial charge in [-0.05, 0) is 60.9 Å². The van der Waals surface area contributed by atoms with Gasteiger partial charge < -0.3 is 5.11 Å². The maximum atomic E-state index is 12.7. The lowest BCUT2D eigenvalue weighted by Gasteiger charge is -2.15. The summed E-state index contributed by atoms with van der Waals surface area (Å²) in [7, 11) is 0. The topological polar surface area (TPSA) is 40.5 Å². The standard InChI is InChI=1S/C18H15NO2S2/c1-11-6-7-14(8-12(11)2)19-17(21)16(23-18(19)22)10-13-4-3-5-15(20)9-13/h3-10,20H,1-2H3. The van der Waals surface area contributed by atoms with Gasteiger partial charge in [0.05, 0.1) is 10.6 Å². The Morgan fingerprint density at radius 3 is 2.61 bits per heavy atom. The summed E-state index contributed by atoms with van der Waals surface area (Å²) in [5, 5.41) is 9.53. The van der Waals surface area contributed by atoms with Gasteiger partial charge in [0.1, 0.15) is 5.75 Å². The number of hydrogen-bond donors (Lipinski definition) is 1. The average Bonchev–Trinajstić information content (AvgIpc) is 2.77. The summed E-state index contributed by atoms with van der Waals surface area (Å²) >= 11 is 6.65. The van der Waals surface area contributed by atoms with Gasteiger partial charge in [0.2, 0.25) is 0 Å². The molecule has 3 nitrogen and oxygen atoms in total. The van der Waals surface area contributed by atoms with Crippen LogP contribution in [-0.2, 0) is 4.79 Å². The molecule has 1 saturated heterocycles. The molecule has 1 N–H and O–H groups in total. The van der Waals surface area contributed by atoms with Gasteiger partial charge in [-0.3, -0.25) is 9.69 Å². The van der Waals surface area contributed by atoms with Crippen molar-refractivity contribution < 1.29 is 9.90 Å². The molecule has 0 spiro atoms. The average molecular weight is 341 g/mol. The van der Waals surface area contributed by atoms with E-state index in [1.54, 1.807) is 29.2 Å². The Hall–Kier alpha value is -2.11. The summed E-state index contributed by atoms with van der Waals surface area (Å²) in [4.78, 5) is 14.8. The van der Waals surface area contributed by atoms with E-state index in [4.69, 9.17) is 12.2 Å². The molecule has 116 valence electrons. The minimum Gasteiger partial charge on any atom is -0.508 e. The van der Waals surface area contributed by atoms with E-state index >= 15 is 0 Å². The Bertz CT molecular complexity index is 843. The van der Waals surface area contributed by atoms with E-state index in [1.807, 2.05) is 38.1 Å². The van der Waals surface area contributed by atoms with Crippen LogP contribution in [0.4, 0.5) is 5.69 Å². The third kappa shape index (κ3) is 3.16. The number of carbonyl (C=O) groups is 1. The fourth-order valence-electron chi connectivity index (χ4n) is 2.32. The fourth-order valence-corrected chi connectivity index (χ4v) is 3.62. The zero-order valence-corrected chi connectivity index (χ0v) is 14.4. The van der Waals surface area contributed by atoms with Gasteiger partial charge in [0, 0.05) is 0 Å². The van der Waals surface area contributed by atoms with Gasteiger partial charge >= 0.3 is 0 Å². The van der Waals surface area contributed by atoms with Crippen molar-refractivity contribution in [1.82, 2.24) is 0 Å². The van der Waals surface area contributed by atoms with Crippen LogP contribution in [0.25, 0.3) is 6.08 Å². The predicted octanol–water partition coefficient (Wildman–Crippen LogP) is 4.41. The normalized spacial score (nSPS) is 16.4. The predicted molar refractivity (Wildman–Crippen MR) is 99.7 cm³/mol. The first-order chi connectivity index (χ1) is 11.0. The molecular formula is C18H15NO2S2. The zero-order valence-electron chi connectivity index (χ0n) is 12.7. The van der Waals surface area contributed by atoms with E-state index in [9.17, 15) is 9.90 Å². The Labute approximate surface area is 144 Å². The molecule has 0 aliphatic carbocycles. The molecule has 1 aliphatic rings. The van der Waals surface area contributed by atoms with Crippen LogP contribution >= 0.6 is 24.0 Å². The van der Waals surface area contributed by atoms with Crippen molar-refractivity contribution in [2.45, 2.75) is 13.8 Å². The van der Waals surface area contributed by atoms with Crippen LogP contribution in [0.5, 0.6) is 5.75 Å². The molecule has 0 aromatic heterocycles. The molecule has 3 rings (SSSR count). The van der Waals surface area contributed by atoms with Gasteiger partial charge in [-0.2, -0.15) is 0 Å². The number of aryl methyl sites for hydroxylation is 2. The zero-order chi connectivity index (χ0) is 16.6. The monoisotopic (exact) mass is 341 g/mol. The Kier molecular flexibility index (Phi) is 4.24. The lowest BCUT2D eigenvalue weighted by atomic mass is 10.1. The molecule has 5 heteroatoms. The molecule has 0 bridgehead atoms. The quantitative estimate of drug-likeness (QED) is 0.649. The number of anilines is 1. The molecule has 0 saturated carbocycles. The SMILES string of the molecule is Cc1ccc(N2C(=O)C(=Cc3cccc(O)c3)SC2=S)cc1C. The number of amides is 1. The van der Waals surface area contributed by atoms with Crippen LogP contribution in [0, 0.1) is 13.8 Å². The molecule has 23 heavy (non-hydrogen) atoms. The number of nitrogens with zero attached hydrogens (tertiary/aromatic N) is 1. The van der Waals surface area contributed by atoms with E-state index < -0.39 is 0 Å². The van der Waals surface area contributed by atoms with Crippen molar-refractivity contribution in [3.63, 3.8) is 0 Å². The van der Waals surface area contributed by atoms with Crippen molar-refractivity contribution in [2.24, 2.45) is 0 Å². The Morgan fingerprint density at radius 1 is 1.13 bits per heavy atom. The highest BCUT2D eigenvalue weighted by Gasteiger charge is 2.33. The van der Waals surface area contributed by atoms with E-state index in [0.717, 1.165) is 16.8 Å². The summed E-state index contributed by atoms with van der Waals surface area (Å²) in [5.74, 6) is 0.0370. The second-order valence-corrected chi connectivity index (χ2v) is 7.06. The summed E-state index contributed by atoms with van der Waals surface area (Å²) in [6.45, 7) is 4.05. The first-order valence-electron chi connectivity index (χ1n) is 7.10. The first kappa shape index (κ1) is 15.8. The maximum Gasteiger partial charge on any atom is 0.270 e. The molecule has 2 aromatic rings. The van der Waals surface area contributed by atoms with Gasteiger partial charge in [-0.1, -0.05) is 42.2 Å². The largest absolute Gasteiger partial charge is 0.508 e. The van der Waals surface area contributed by atoms with Gasteiger partial charge in [0.25, 0.3) is 5.91 Å². The third-order valence-electron chi connectivity index (χ3n) is 3.71. The molecule has 1 fully saturated rings. The molecule has 2 aromatic carbocycles. The Morgan fingerprint density at radius 2 is 1.91 bits per heavy atom. The van der Waals surface area contributed by atoms with Crippen LogP contribution < -0.4 is 4.90 Å². The number of phenols is 1. The molecule has 0 atom stereocenters. The number of aromatic hydroxyl groups is 1. The number of benzene rings is 2. The van der Waals surface area contributed by atoms with Crippen LogP contribution in [0.1, 0.15) is 16.7 Å². The van der Waals surface area contributed by atoms with Crippen molar-refractivity contribution in [3.05, 3.63) is 64.1 Å². The van der Waals surface area contributed by atoms with Gasteiger partial charge in [-0.25, -0.2) is 0 Å². The van der Waals surface area contributed by atoms with E-state index in [-0.39, 0.29) is 11.7 Å². The molecule has 1 heterocycles. The summed E-state index contributed by atoms with van der Waals surface area (Å²) in [6, 6.07) is 12.7.